The highest BCUT2D eigenvalue weighted by molar-refractivity contribution is 5.96. The third-order valence-electron chi connectivity index (χ3n) is 3.33. The van der Waals surface area contributed by atoms with Crippen molar-refractivity contribution >= 4 is 11.6 Å². The molecule has 0 saturated carbocycles. The van der Waals surface area contributed by atoms with Crippen LogP contribution in [0.5, 0.6) is 0 Å². The fourth-order valence-corrected chi connectivity index (χ4v) is 2.32. The Labute approximate surface area is 120 Å². The van der Waals surface area contributed by atoms with Crippen molar-refractivity contribution in [1.29, 1.82) is 0 Å². The van der Waals surface area contributed by atoms with Gasteiger partial charge in [-0.2, -0.15) is 13.2 Å². The number of benzene rings is 1. The molecule has 1 unspecified atom stereocenters. The molecular formula is C14H17F3N2O2. The van der Waals surface area contributed by atoms with Crippen LogP contribution in [-0.2, 0) is 9.53 Å². The fourth-order valence-electron chi connectivity index (χ4n) is 2.32. The standard InChI is InChI=1S/C14H17F3N2O2/c1-19-12-5-3-2-4-10(12)11(8-13(19)20)18-6-7-21-9-14(15,16)17/h2-5,11,18H,6-9H2,1H3. The number of fused-ring (bicyclic) bond motifs is 1. The largest absolute Gasteiger partial charge is 0.411 e. The summed E-state index contributed by atoms with van der Waals surface area (Å²) >= 11 is 0. The Hall–Kier alpha value is -1.60. The highest BCUT2D eigenvalue weighted by Crippen LogP contribution is 2.33. The van der Waals surface area contributed by atoms with Crippen molar-refractivity contribution < 1.29 is 22.7 Å². The number of nitrogens with one attached hydrogen (secondary N) is 1. The van der Waals surface area contributed by atoms with Gasteiger partial charge in [-0.25, -0.2) is 0 Å². The molecule has 1 N–H and O–H groups in total. The average Bonchev–Trinajstić information content (AvgIpc) is 2.42. The van der Waals surface area contributed by atoms with Crippen molar-refractivity contribution in [3.8, 4) is 0 Å². The zero-order chi connectivity index (χ0) is 15.5. The first-order valence-corrected chi connectivity index (χ1v) is 6.62. The van der Waals surface area contributed by atoms with E-state index >= 15 is 0 Å². The summed E-state index contributed by atoms with van der Waals surface area (Å²) < 4.78 is 40.3. The van der Waals surface area contributed by atoms with E-state index in [9.17, 15) is 18.0 Å². The van der Waals surface area contributed by atoms with E-state index in [-0.39, 0.29) is 31.5 Å². The zero-order valence-corrected chi connectivity index (χ0v) is 11.6. The number of hydrogen-bond donors (Lipinski definition) is 1. The normalized spacial score (nSPS) is 18.8. The Morgan fingerprint density at radius 3 is 2.81 bits per heavy atom. The first kappa shape index (κ1) is 15.8. The number of para-hydroxylation sites is 1. The van der Waals surface area contributed by atoms with E-state index < -0.39 is 12.8 Å². The molecule has 21 heavy (non-hydrogen) atoms. The zero-order valence-electron chi connectivity index (χ0n) is 11.6. The number of halogens is 3. The van der Waals surface area contributed by atoms with Gasteiger partial charge in [-0.3, -0.25) is 4.79 Å². The van der Waals surface area contributed by atoms with Crippen LogP contribution >= 0.6 is 0 Å². The maximum absolute atomic E-state index is 11.9. The van der Waals surface area contributed by atoms with Crippen LogP contribution in [0.2, 0.25) is 0 Å². The van der Waals surface area contributed by atoms with Gasteiger partial charge in [0.15, 0.2) is 0 Å². The number of carbonyl (C=O) groups is 1. The molecular weight excluding hydrogens is 285 g/mol. The monoisotopic (exact) mass is 302 g/mol. The Bertz CT molecular complexity index is 505. The molecule has 116 valence electrons. The second-order valence-corrected chi connectivity index (χ2v) is 4.89. The number of alkyl halides is 3. The van der Waals surface area contributed by atoms with Crippen LogP contribution in [0.3, 0.4) is 0 Å². The van der Waals surface area contributed by atoms with Gasteiger partial charge in [-0.1, -0.05) is 18.2 Å². The van der Waals surface area contributed by atoms with E-state index in [1.54, 1.807) is 11.9 Å². The molecule has 1 aromatic carbocycles. The summed E-state index contributed by atoms with van der Waals surface area (Å²) in [4.78, 5) is 13.5. The number of rotatable bonds is 5. The van der Waals surface area contributed by atoms with Crippen LogP contribution in [0.15, 0.2) is 24.3 Å². The van der Waals surface area contributed by atoms with Gasteiger partial charge in [0, 0.05) is 31.7 Å². The number of amides is 1. The molecule has 4 nitrogen and oxygen atoms in total. The molecule has 0 bridgehead atoms. The van der Waals surface area contributed by atoms with Crippen LogP contribution in [0.25, 0.3) is 0 Å². The molecule has 1 atom stereocenters. The second-order valence-electron chi connectivity index (χ2n) is 4.89. The molecule has 0 aliphatic carbocycles. The molecule has 1 aliphatic rings. The van der Waals surface area contributed by atoms with Crippen molar-refractivity contribution in [2.45, 2.75) is 18.6 Å². The van der Waals surface area contributed by atoms with Gasteiger partial charge in [-0.15, -0.1) is 0 Å². The first-order valence-electron chi connectivity index (χ1n) is 6.62. The molecule has 1 amide bonds. The summed E-state index contributed by atoms with van der Waals surface area (Å²) in [5, 5.41) is 3.08. The average molecular weight is 302 g/mol. The van der Waals surface area contributed by atoms with Crippen LogP contribution in [-0.4, -0.2) is 38.9 Å². The van der Waals surface area contributed by atoms with Gasteiger partial charge in [0.05, 0.1) is 6.61 Å². The Kier molecular flexibility index (Phi) is 4.84. The van der Waals surface area contributed by atoms with Crippen LogP contribution < -0.4 is 10.2 Å². The first-order chi connectivity index (χ1) is 9.88. The number of nitrogens with zero attached hydrogens (tertiary/aromatic N) is 1. The molecule has 0 spiro atoms. The fraction of sp³-hybridized carbons (Fsp3) is 0.500. The topological polar surface area (TPSA) is 41.6 Å². The molecule has 0 radical (unpaired) electrons. The summed E-state index contributed by atoms with van der Waals surface area (Å²) in [5.41, 5.74) is 1.79. The van der Waals surface area contributed by atoms with Gasteiger partial charge < -0.3 is 15.0 Å². The SMILES string of the molecule is CN1C(=O)CC(NCCOCC(F)(F)F)c2ccccc21. The Morgan fingerprint density at radius 2 is 2.10 bits per heavy atom. The van der Waals surface area contributed by atoms with E-state index in [0.717, 1.165) is 11.3 Å². The molecule has 1 heterocycles. The van der Waals surface area contributed by atoms with E-state index in [0.29, 0.717) is 0 Å². The lowest BCUT2D eigenvalue weighted by Crippen LogP contribution is -2.38. The summed E-state index contributed by atoms with van der Waals surface area (Å²) in [6, 6.07) is 7.28. The molecule has 1 aliphatic heterocycles. The van der Waals surface area contributed by atoms with Gasteiger partial charge in [0.1, 0.15) is 6.61 Å². The summed E-state index contributed by atoms with van der Waals surface area (Å²) in [5.74, 6) is -0.0255. The van der Waals surface area contributed by atoms with Gasteiger partial charge in [0.2, 0.25) is 5.91 Å². The van der Waals surface area contributed by atoms with Crippen LogP contribution in [0, 0.1) is 0 Å². The van der Waals surface area contributed by atoms with Crippen molar-refractivity contribution in [3.63, 3.8) is 0 Å². The van der Waals surface area contributed by atoms with E-state index in [2.05, 4.69) is 10.1 Å². The minimum Gasteiger partial charge on any atom is -0.371 e. The maximum Gasteiger partial charge on any atom is 0.411 e. The third-order valence-corrected chi connectivity index (χ3v) is 3.33. The molecule has 0 fully saturated rings. The van der Waals surface area contributed by atoms with Gasteiger partial charge in [0.25, 0.3) is 0 Å². The van der Waals surface area contributed by atoms with Crippen LogP contribution in [0.1, 0.15) is 18.0 Å². The molecule has 2 rings (SSSR count). The molecule has 1 aromatic rings. The van der Waals surface area contributed by atoms with E-state index in [1.807, 2.05) is 24.3 Å². The van der Waals surface area contributed by atoms with Crippen LogP contribution in [0.4, 0.5) is 18.9 Å². The van der Waals surface area contributed by atoms with Crippen molar-refractivity contribution in [3.05, 3.63) is 29.8 Å². The Balaban J connectivity index is 1.89. The highest BCUT2D eigenvalue weighted by atomic mass is 19.4. The molecule has 0 saturated heterocycles. The van der Waals surface area contributed by atoms with Crippen molar-refractivity contribution in [2.75, 3.05) is 31.7 Å². The summed E-state index contributed by atoms with van der Waals surface area (Å²) in [7, 11) is 1.71. The second kappa shape index (κ2) is 6.44. The van der Waals surface area contributed by atoms with Crippen molar-refractivity contribution in [1.82, 2.24) is 5.32 Å². The van der Waals surface area contributed by atoms with E-state index in [4.69, 9.17) is 0 Å². The number of carbonyl (C=O) groups excluding carboxylic acids is 1. The van der Waals surface area contributed by atoms with Gasteiger partial charge in [-0.05, 0) is 11.6 Å². The molecule has 7 heteroatoms. The molecule has 0 aromatic heterocycles. The lowest BCUT2D eigenvalue weighted by Gasteiger charge is -2.32. The lowest BCUT2D eigenvalue weighted by atomic mass is 9.96. The Morgan fingerprint density at radius 1 is 1.38 bits per heavy atom. The smallest absolute Gasteiger partial charge is 0.371 e. The minimum atomic E-state index is -4.31. The highest BCUT2D eigenvalue weighted by Gasteiger charge is 2.29. The number of ether oxygens (including phenoxy) is 1. The van der Waals surface area contributed by atoms with Crippen molar-refractivity contribution in [2.24, 2.45) is 0 Å². The summed E-state index contributed by atoms with van der Waals surface area (Å²) in [6.45, 7) is -1.05. The lowest BCUT2D eigenvalue weighted by molar-refractivity contribution is -0.173. The van der Waals surface area contributed by atoms with Gasteiger partial charge >= 0.3 is 6.18 Å². The summed E-state index contributed by atoms with van der Waals surface area (Å²) in [6.07, 6.45) is -4.02. The number of anilines is 1. The maximum atomic E-state index is 11.9. The van der Waals surface area contributed by atoms with E-state index in [1.165, 1.54) is 0 Å². The third kappa shape index (κ3) is 4.18. The minimum absolute atomic E-state index is 0.0255. The quantitative estimate of drug-likeness (QED) is 0.848. The predicted octanol–water partition coefficient (Wildman–Crippen LogP) is 2.26. The predicted molar refractivity (Wildman–Crippen MR) is 72.1 cm³/mol. The number of hydrogen-bond acceptors (Lipinski definition) is 3.